The third-order valence-electron chi connectivity index (χ3n) is 4.86. The fraction of sp³-hybridized carbons (Fsp3) is 0.391. The van der Waals surface area contributed by atoms with Crippen LogP contribution in [0.2, 0.25) is 10.0 Å². The van der Waals surface area contributed by atoms with Crippen molar-refractivity contribution in [3.63, 3.8) is 0 Å². The van der Waals surface area contributed by atoms with Crippen molar-refractivity contribution in [3.8, 4) is 5.75 Å². The number of benzene rings is 2. The first-order valence-electron chi connectivity index (χ1n) is 10.1. The van der Waals surface area contributed by atoms with Gasteiger partial charge in [-0.2, -0.15) is 0 Å². The minimum atomic E-state index is -0.642. The van der Waals surface area contributed by atoms with Crippen LogP contribution >= 0.6 is 39.1 Å². The number of nitrogens with zero attached hydrogens (tertiary/aromatic N) is 1. The van der Waals surface area contributed by atoms with E-state index in [1.165, 1.54) is 4.90 Å². The predicted molar refractivity (Wildman–Crippen MR) is 129 cm³/mol. The number of rotatable bonds is 9. The number of carbonyl (C=O) groups excluding carboxylic acids is 2. The van der Waals surface area contributed by atoms with Gasteiger partial charge in [-0.05, 0) is 68.1 Å². The zero-order valence-corrected chi connectivity index (χ0v) is 21.2. The summed E-state index contributed by atoms with van der Waals surface area (Å²) in [5.74, 6) is 0.0863. The van der Waals surface area contributed by atoms with Gasteiger partial charge >= 0.3 is 0 Å². The quantitative estimate of drug-likeness (QED) is 0.453. The van der Waals surface area contributed by atoms with E-state index in [1.54, 1.807) is 18.2 Å². The van der Waals surface area contributed by atoms with Gasteiger partial charge in [0.1, 0.15) is 11.8 Å². The summed E-state index contributed by atoms with van der Waals surface area (Å²) in [7, 11) is 0. The highest BCUT2D eigenvalue weighted by Crippen LogP contribution is 2.27. The Labute approximate surface area is 202 Å². The van der Waals surface area contributed by atoms with Crippen molar-refractivity contribution < 1.29 is 14.3 Å². The van der Waals surface area contributed by atoms with E-state index in [1.807, 2.05) is 39.8 Å². The van der Waals surface area contributed by atoms with Gasteiger partial charge < -0.3 is 15.0 Å². The van der Waals surface area contributed by atoms with Crippen LogP contribution in [0.1, 0.15) is 37.0 Å². The van der Waals surface area contributed by atoms with Crippen molar-refractivity contribution in [1.29, 1.82) is 0 Å². The molecule has 0 aliphatic rings. The summed E-state index contributed by atoms with van der Waals surface area (Å²) in [6.45, 7) is 8.09. The van der Waals surface area contributed by atoms with Gasteiger partial charge in [0.15, 0.2) is 6.61 Å². The van der Waals surface area contributed by atoms with Crippen LogP contribution in [0.15, 0.2) is 34.8 Å². The van der Waals surface area contributed by atoms with E-state index in [4.69, 9.17) is 27.9 Å². The SMILES string of the molecule is CCNC(=O)[C@H](CC)N(Cc1ccc(Cl)cc1Cl)C(=O)COc1cc(C)c(Br)c(C)c1. The summed E-state index contributed by atoms with van der Waals surface area (Å²) in [6, 6.07) is 8.19. The van der Waals surface area contributed by atoms with Crippen LogP contribution in [0.4, 0.5) is 0 Å². The highest BCUT2D eigenvalue weighted by Gasteiger charge is 2.29. The summed E-state index contributed by atoms with van der Waals surface area (Å²) >= 11 is 15.9. The van der Waals surface area contributed by atoms with Gasteiger partial charge in [-0.15, -0.1) is 0 Å². The Bertz CT molecular complexity index is 929. The molecular weight excluding hydrogens is 503 g/mol. The minimum absolute atomic E-state index is 0.173. The molecular formula is C23H27BrCl2N2O3. The molecule has 0 aliphatic heterocycles. The lowest BCUT2D eigenvalue weighted by Crippen LogP contribution is -2.50. The second-order valence-electron chi connectivity index (χ2n) is 7.24. The number of nitrogens with one attached hydrogen (secondary N) is 1. The molecule has 0 saturated carbocycles. The van der Waals surface area contributed by atoms with Gasteiger partial charge in [0.05, 0.1) is 0 Å². The molecule has 2 rings (SSSR count). The second-order valence-corrected chi connectivity index (χ2v) is 8.87. The Hall–Kier alpha value is -1.76. The Morgan fingerprint density at radius 2 is 1.77 bits per heavy atom. The van der Waals surface area contributed by atoms with E-state index in [0.29, 0.717) is 34.3 Å². The van der Waals surface area contributed by atoms with Crippen LogP contribution in [0.3, 0.4) is 0 Å². The van der Waals surface area contributed by atoms with Gasteiger partial charge in [-0.25, -0.2) is 0 Å². The molecule has 0 radical (unpaired) electrons. The minimum Gasteiger partial charge on any atom is -0.484 e. The van der Waals surface area contributed by atoms with E-state index in [-0.39, 0.29) is 25.0 Å². The van der Waals surface area contributed by atoms with Crippen LogP contribution in [0.25, 0.3) is 0 Å². The number of amides is 2. The fourth-order valence-corrected chi connectivity index (χ4v) is 3.96. The number of ether oxygens (including phenoxy) is 1. The maximum absolute atomic E-state index is 13.2. The second kappa shape index (κ2) is 11.7. The Morgan fingerprint density at radius 3 is 2.32 bits per heavy atom. The lowest BCUT2D eigenvalue weighted by molar-refractivity contribution is -0.142. The summed E-state index contributed by atoms with van der Waals surface area (Å²) < 4.78 is 6.80. The van der Waals surface area contributed by atoms with Gasteiger partial charge in [-0.3, -0.25) is 9.59 Å². The Kier molecular flexibility index (Phi) is 9.66. The third kappa shape index (κ3) is 6.86. The summed E-state index contributed by atoms with van der Waals surface area (Å²) in [6.07, 6.45) is 0.458. The molecule has 0 aromatic heterocycles. The number of aryl methyl sites for hydroxylation is 2. The summed E-state index contributed by atoms with van der Waals surface area (Å²) in [4.78, 5) is 27.3. The average molecular weight is 530 g/mol. The molecule has 5 nitrogen and oxygen atoms in total. The monoisotopic (exact) mass is 528 g/mol. The smallest absolute Gasteiger partial charge is 0.261 e. The topological polar surface area (TPSA) is 58.6 Å². The normalized spacial score (nSPS) is 11.7. The largest absolute Gasteiger partial charge is 0.484 e. The molecule has 2 aromatic carbocycles. The molecule has 2 amide bonds. The molecule has 31 heavy (non-hydrogen) atoms. The van der Waals surface area contributed by atoms with E-state index >= 15 is 0 Å². The van der Waals surface area contributed by atoms with Crippen molar-refractivity contribution in [1.82, 2.24) is 10.2 Å². The number of carbonyl (C=O) groups is 2. The predicted octanol–water partition coefficient (Wildman–Crippen LogP) is 5.70. The van der Waals surface area contributed by atoms with Crippen molar-refractivity contribution in [2.45, 2.75) is 46.7 Å². The van der Waals surface area contributed by atoms with Crippen LogP contribution in [0, 0.1) is 13.8 Å². The molecule has 168 valence electrons. The Balaban J connectivity index is 2.27. The first-order valence-corrected chi connectivity index (χ1v) is 11.6. The number of likely N-dealkylation sites (N-methyl/N-ethyl adjacent to an activating group) is 1. The number of hydrogen-bond acceptors (Lipinski definition) is 3. The molecule has 0 spiro atoms. The lowest BCUT2D eigenvalue weighted by atomic mass is 10.1. The van der Waals surface area contributed by atoms with Crippen LogP contribution in [-0.4, -0.2) is 35.9 Å². The average Bonchev–Trinajstić information content (AvgIpc) is 2.71. The molecule has 1 N–H and O–H groups in total. The molecule has 2 aromatic rings. The van der Waals surface area contributed by atoms with Gasteiger partial charge in [-0.1, -0.05) is 52.1 Å². The molecule has 8 heteroatoms. The molecule has 0 fully saturated rings. The highest BCUT2D eigenvalue weighted by molar-refractivity contribution is 9.10. The number of hydrogen-bond donors (Lipinski definition) is 1. The Morgan fingerprint density at radius 1 is 1.13 bits per heavy atom. The first-order chi connectivity index (χ1) is 14.7. The van der Waals surface area contributed by atoms with Crippen molar-refractivity contribution in [2.24, 2.45) is 0 Å². The first kappa shape index (κ1) is 25.5. The van der Waals surface area contributed by atoms with E-state index < -0.39 is 6.04 Å². The highest BCUT2D eigenvalue weighted by atomic mass is 79.9. The van der Waals surface area contributed by atoms with E-state index in [9.17, 15) is 9.59 Å². The van der Waals surface area contributed by atoms with E-state index in [2.05, 4.69) is 21.2 Å². The number of halogens is 3. The van der Waals surface area contributed by atoms with E-state index in [0.717, 1.165) is 15.6 Å². The molecule has 0 saturated heterocycles. The summed E-state index contributed by atoms with van der Waals surface area (Å²) in [5.41, 5.74) is 2.74. The zero-order chi connectivity index (χ0) is 23.1. The zero-order valence-electron chi connectivity index (χ0n) is 18.1. The van der Waals surface area contributed by atoms with Crippen molar-refractivity contribution in [2.75, 3.05) is 13.2 Å². The van der Waals surface area contributed by atoms with Crippen LogP contribution < -0.4 is 10.1 Å². The molecule has 0 heterocycles. The summed E-state index contributed by atoms with van der Waals surface area (Å²) in [5, 5.41) is 3.75. The molecule has 0 bridgehead atoms. The van der Waals surface area contributed by atoms with Crippen molar-refractivity contribution in [3.05, 3.63) is 61.5 Å². The van der Waals surface area contributed by atoms with Gasteiger partial charge in [0.2, 0.25) is 5.91 Å². The fourth-order valence-electron chi connectivity index (χ4n) is 3.26. The van der Waals surface area contributed by atoms with Gasteiger partial charge in [0, 0.05) is 27.6 Å². The maximum Gasteiger partial charge on any atom is 0.261 e. The van der Waals surface area contributed by atoms with Gasteiger partial charge in [0.25, 0.3) is 5.91 Å². The maximum atomic E-state index is 13.2. The standard InChI is InChI=1S/C23H27BrCl2N2O3/c1-5-20(23(30)27-6-2)28(12-16-7-8-17(25)11-19(16)26)21(29)13-31-18-9-14(3)22(24)15(4)10-18/h7-11,20H,5-6,12-13H2,1-4H3,(H,27,30)/t20-/m0/s1. The van der Waals surface area contributed by atoms with Crippen LogP contribution in [0.5, 0.6) is 5.75 Å². The van der Waals surface area contributed by atoms with Crippen molar-refractivity contribution >= 4 is 50.9 Å². The molecule has 0 unspecified atom stereocenters. The molecule has 1 atom stereocenters. The molecule has 0 aliphatic carbocycles. The third-order valence-corrected chi connectivity index (χ3v) is 6.70. The van der Waals surface area contributed by atoms with Crippen LogP contribution in [-0.2, 0) is 16.1 Å². The lowest BCUT2D eigenvalue weighted by Gasteiger charge is -2.30.